The molecule has 0 saturated carbocycles. The molecule has 0 aliphatic heterocycles. The third kappa shape index (κ3) is 5.06. The van der Waals surface area contributed by atoms with Crippen LogP contribution in [0.3, 0.4) is 0 Å². The summed E-state index contributed by atoms with van der Waals surface area (Å²) in [5.41, 5.74) is 6.05. The second-order valence-corrected chi connectivity index (χ2v) is 4.28. The van der Waals surface area contributed by atoms with Crippen LogP contribution >= 0.6 is 15.9 Å². The Morgan fingerprint density at radius 1 is 1.47 bits per heavy atom. The van der Waals surface area contributed by atoms with E-state index < -0.39 is 6.03 Å². The van der Waals surface area contributed by atoms with Crippen LogP contribution in [-0.4, -0.2) is 26.2 Å². The van der Waals surface area contributed by atoms with Crippen molar-refractivity contribution in [2.75, 3.05) is 20.2 Å². The molecule has 1 rings (SSSR count). The number of urea groups is 1. The first-order chi connectivity index (χ1) is 8.13. The van der Waals surface area contributed by atoms with Crippen molar-refractivity contribution in [1.82, 2.24) is 10.6 Å². The van der Waals surface area contributed by atoms with Crippen molar-refractivity contribution < 1.29 is 9.53 Å². The number of amides is 2. The molecule has 0 unspecified atom stereocenters. The lowest BCUT2D eigenvalue weighted by Crippen LogP contribution is -2.35. The minimum atomic E-state index is -0.505. The summed E-state index contributed by atoms with van der Waals surface area (Å²) in [4.78, 5) is 10.4. The molecule has 0 heterocycles. The molecule has 0 saturated heterocycles. The van der Waals surface area contributed by atoms with Gasteiger partial charge in [-0.05, 0) is 23.8 Å². The molecule has 0 aliphatic rings. The van der Waals surface area contributed by atoms with Crippen molar-refractivity contribution in [2.24, 2.45) is 5.73 Å². The maximum Gasteiger partial charge on any atom is 0.312 e. The third-order valence-corrected chi connectivity index (χ3v) is 2.94. The number of nitrogens with two attached hydrogens (primary N) is 1. The van der Waals surface area contributed by atoms with Crippen molar-refractivity contribution in [3.63, 3.8) is 0 Å². The fourth-order valence-corrected chi connectivity index (χ4v) is 1.70. The van der Waals surface area contributed by atoms with Crippen molar-refractivity contribution in [3.8, 4) is 5.75 Å². The van der Waals surface area contributed by atoms with Crippen LogP contribution in [0, 0.1) is 0 Å². The molecular weight excluding hydrogens is 286 g/mol. The topological polar surface area (TPSA) is 76.4 Å². The van der Waals surface area contributed by atoms with Crippen LogP contribution in [-0.2, 0) is 6.54 Å². The predicted octanol–water partition coefficient (Wildman–Crippen LogP) is 1.22. The summed E-state index contributed by atoms with van der Waals surface area (Å²) in [5, 5.41) is 5.70. The molecule has 0 aliphatic carbocycles. The van der Waals surface area contributed by atoms with Crippen molar-refractivity contribution in [1.29, 1.82) is 0 Å². The Bertz CT molecular complexity index is 385. The van der Waals surface area contributed by atoms with Gasteiger partial charge in [-0.1, -0.05) is 15.9 Å². The van der Waals surface area contributed by atoms with Gasteiger partial charge in [-0.3, -0.25) is 0 Å². The Balaban J connectivity index is 2.38. The van der Waals surface area contributed by atoms with Crippen LogP contribution in [0.2, 0.25) is 0 Å². The molecule has 1 aromatic rings. The first kappa shape index (κ1) is 13.8. The minimum absolute atomic E-state index is 0.505. The van der Waals surface area contributed by atoms with E-state index in [0.29, 0.717) is 19.6 Å². The number of carbonyl (C=O) groups excluding carboxylic acids is 1. The quantitative estimate of drug-likeness (QED) is 0.691. The van der Waals surface area contributed by atoms with Crippen LogP contribution in [0.1, 0.15) is 5.56 Å². The van der Waals surface area contributed by atoms with Crippen molar-refractivity contribution >= 4 is 22.0 Å². The number of primary amides is 1. The Hall–Kier alpha value is -1.27. The molecule has 6 heteroatoms. The summed E-state index contributed by atoms with van der Waals surface area (Å²) >= 11 is 3.47. The summed E-state index contributed by atoms with van der Waals surface area (Å²) < 4.78 is 6.17. The number of halogens is 1. The monoisotopic (exact) mass is 301 g/mol. The lowest BCUT2D eigenvalue weighted by molar-refractivity contribution is 0.249. The third-order valence-electron chi connectivity index (χ3n) is 2.17. The number of hydrogen-bond donors (Lipinski definition) is 3. The Morgan fingerprint density at radius 2 is 2.24 bits per heavy atom. The zero-order chi connectivity index (χ0) is 12.7. The standard InChI is InChI=1S/C11H16BrN3O2/c1-17-9-2-3-10(12)8(6-9)7-14-4-5-15-11(13)16/h2-3,6,14H,4-5,7H2,1H3,(H3,13,15,16). The normalized spacial score (nSPS) is 10.0. The average Bonchev–Trinajstić information content (AvgIpc) is 2.30. The van der Waals surface area contributed by atoms with Crippen LogP contribution in [0.15, 0.2) is 22.7 Å². The molecule has 2 amide bonds. The number of methoxy groups -OCH3 is 1. The maximum absolute atomic E-state index is 10.4. The van der Waals surface area contributed by atoms with Gasteiger partial charge in [0, 0.05) is 24.1 Å². The number of hydrogen-bond acceptors (Lipinski definition) is 3. The van der Waals surface area contributed by atoms with Crippen LogP contribution < -0.4 is 21.1 Å². The number of ether oxygens (including phenoxy) is 1. The van der Waals surface area contributed by atoms with Crippen molar-refractivity contribution in [3.05, 3.63) is 28.2 Å². The minimum Gasteiger partial charge on any atom is -0.497 e. The van der Waals surface area contributed by atoms with E-state index in [9.17, 15) is 4.79 Å². The van der Waals surface area contributed by atoms with E-state index >= 15 is 0 Å². The van der Waals surface area contributed by atoms with E-state index in [2.05, 4.69) is 26.6 Å². The second kappa shape index (κ2) is 7.13. The van der Waals surface area contributed by atoms with Gasteiger partial charge in [-0.15, -0.1) is 0 Å². The summed E-state index contributed by atoms with van der Waals surface area (Å²) in [7, 11) is 1.64. The molecule has 1 aromatic carbocycles. The van der Waals surface area contributed by atoms with E-state index in [1.165, 1.54) is 0 Å². The van der Waals surface area contributed by atoms with E-state index in [1.807, 2.05) is 18.2 Å². The number of benzene rings is 1. The van der Waals surface area contributed by atoms with Gasteiger partial charge in [0.1, 0.15) is 5.75 Å². The number of nitrogens with one attached hydrogen (secondary N) is 2. The Kier molecular flexibility index (Phi) is 5.79. The molecule has 17 heavy (non-hydrogen) atoms. The smallest absolute Gasteiger partial charge is 0.312 e. The van der Waals surface area contributed by atoms with Gasteiger partial charge in [0.25, 0.3) is 0 Å². The zero-order valence-electron chi connectivity index (χ0n) is 9.63. The highest BCUT2D eigenvalue weighted by Crippen LogP contribution is 2.22. The first-order valence-electron chi connectivity index (χ1n) is 5.20. The molecule has 0 radical (unpaired) electrons. The SMILES string of the molecule is COc1ccc(Br)c(CNCCNC(N)=O)c1. The van der Waals surface area contributed by atoms with Crippen LogP contribution in [0.25, 0.3) is 0 Å². The number of carbonyl (C=O) groups is 1. The van der Waals surface area contributed by atoms with E-state index in [1.54, 1.807) is 7.11 Å². The van der Waals surface area contributed by atoms with Gasteiger partial charge in [0.2, 0.25) is 0 Å². The first-order valence-corrected chi connectivity index (χ1v) is 5.99. The summed E-state index contributed by atoms with van der Waals surface area (Å²) in [6.45, 7) is 1.86. The van der Waals surface area contributed by atoms with Gasteiger partial charge in [-0.2, -0.15) is 0 Å². The predicted molar refractivity (Wildman–Crippen MR) is 70.0 cm³/mol. The Morgan fingerprint density at radius 3 is 2.88 bits per heavy atom. The molecule has 0 bridgehead atoms. The van der Waals surface area contributed by atoms with Gasteiger partial charge >= 0.3 is 6.03 Å². The second-order valence-electron chi connectivity index (χ2n) is 3.43. The molecular formula is C11H16BrN3O2. The summed E-state index contributed by atoms with van der Waals surface area (Å²) in [5.74, 6) is 0.820. The Labute approximate surface area is 109 Å². The van der Waals surface area contributed by atoms with Gasteiger partial charge in [0.05, 0.1) is 7.11 Å². The number of rotatable bonds is 6. The lowest BCUT2D eigenvalue weighted by atomic mass is 10.2. The highest BCUT2D eigenvalue weighted by Gasteiger charge is 2.01. The summed E-state index contributed by atoms with van der Waals surface area (Å²) in [6.07, 6.45) is 0. The largest absolute Gasteiger partial charge is 0.497 e. The van der Waals surface area contributed by atoms with Gasteiger partial charge in [0.15, 0.2) is 0 Å². The lowest BCUT2D eigenvalue weighted by Gasteiger charge is -2.09. The van der Waals surface area contributed by atoms with Crippen LogP contribution in [0.4, 0.5) is 4.79 Å². The molecule has 0 spiro atoms. The average molecular weight is 302 g/mol. The maximum atomic E-state index is 10.4. The molecule has 4 N–H and O–H groups in total. The fourth-order valence-electron chi connectivity index (χ4n) is 1.31. The van der Waals surface area contributed by atoms with E-state index in [-0.39, 0.29) is 0 Å². The summed E-state index contributed by atoms with van der Waals surface area (Å²) in [6, 6.07) is 5.28. The van der Waals surface area contributed by atoms with E-state index in [4.69, 9.17) is 10.5 Å². The highest BCUT2D eigenvalue weighted by molar-refractivity contribution is 9.10. The molecule has 5 nitrogen and oxygen atoms in total. The molecule has 0 aromatic heterocycles. The molecule has 0 atom stereocenters. The zero-order valence-corrected chi connectivity index (χ0v) is 11.2. The van der Waals surface area contributed by atoms with Crippen LogP contribution in [0.5, 0.6) is 5.75 Å². The van der Waals surface area contributed by atoms with Gasteiger partial charge in [-0.25, -0.2) is 4.79 Å². The van der Waals surface area contributed by atoms with Crippen molar-refractivity contribution in [2.45, 2.75) is 6.54 Å². The van der Waals surface area contributed by atoms with Gasteiger partial charge < -0.3 is 21.1 Å². The fraction of sp³-hybridized carbons (Fsp3) is 0.364. The molecule has 0 fully saturated rings. The molecule has 94 valence electrons. The highest BCUT2D eigenvalue weighted by atomic mass is 79.9. The van der Waals surface area contributed by atoms with E-state index in [0.717, 1.165) is 15.8 Å².